The molecule has 0 aliphatic carbocycles. The van der Waals surface area contributed by atoms with Crippen molar-refractivity contribution in [1.82, 2.24) is 4.72 Å². The third kappa shape index (κ3) is 5.64. The Morgan fingerprint density at radius 3 is 2.14 bits per heavy atom. The van der Waals surface area contributed by atoms with Crippen molar-refractivity contribution in [2.75, 3.05) is 5.32 Å². The van der Waals surface area contributed by atoms with E-state index in [9.17, 15) is 18.0 Å². The van der Waals surface area contributed by atoms with E-state index < -0.39 is 28.0 Å². The van der Waals surface area contributed by atoms with Crippen LogP contribution < -0.4 is 10.0 Å². The molecule has 150 valence electrons. The maximum Gasteiger partial charge on any atom is 0.339 e. The van der Waals surface area contributed by atoms with E-state index in [2.05, 4.69) is 10.0 Å². The zero-order chi connectivity index (χ0) is 20.9. The van der Waals surface area contributed by atoms with Crippen molar-refractivity contribution in [2.45, 2.75) is 44.7 Å². The Labute approximate surface area is 165 Å². The normalized spacial score (nSPS) is 12.5. The fourth-order valence-electron chi connectivity index (χ4n) is 2.42. The molecule has 0 saturated heterocycles. The molecule has 0 radical (unpaired) electrons. The van der Waals surface area contributed by atoms with Gasteiger partial charge in [-0.3, -0.25) is 4.79 Å². The van der Waals surface area contributed by atoms with Crippen LogP contribution in [0.2, 0.25) is 0 Å². The Morgan fingerprint density at radius 2 is 1.57 bits per heavy atom. The van der Waals surface area contributed by atoms with Gasteiger partial charge in [-0.05, 0) is 63.6 Å². The molecule has 0 fully saturated rings. The first kappa shape index (κ1) is 21.6. The highest BCUT2D eigenvalue weighted by Crippen LogP contribution is 2.16. The molecule has 2 rings (SSSR count). The number of hydrogen-bond donors (Lipinski definition) is 2. The van der Waals surface area contributed by atoms with E-state index in [0.29, 0.717) is 11.3 Å². The average Bonchev–Trinajstić information content (AvgIpc) is 2.61. The number of anilines is 1. The minimum Gasteiger partial charge on any atom is -0.449 e. The molecule has 0 unspecified atom stereocenters. The molecule has 0 aliphatic rings. The van der Waals surface area contributed by atoms with Crippen LogP contribution in [0.1, 0.15) is 36.7 Å². The highest BCUT2D eigenvalue weighted by Gasteiger charge is 2.20. The fraction of sp³-hybridized carbons (Fsp3) is 0.300. The van der Waals surface area contributed by atoms with Crippen LogP contribution in [-0.2, 0) is 19.6 Å². The molecule has 0 aromatic heterocycles. The van der Waals surface area contributed by atoms with E-state index in [1.807, 2.05) is 6.07 Å². The number of hydrogen-bond acceptors (Lipinski definition) is 5. The number of ether oxygens (including phenoxy) is 1. The number of benzene rings is 2. The summed E-state index contributed by atoms with van der Waals surface area (Å²) in [6.45, 7) is 6.71. The molecule has 1 amide bonds. The second kappa shape index (κ2) is 8.99. The highest BCUT2D eigenvalue weighted by molar-refractivity contribution is 7.89. The Morgan fingerprint density at radius 1 is 0.964 bits per heavy atom. The summed E-state index contributed by atoms with van der Waals surface area (Å²) in [5.41, 5.74) is 1.55. The molecule has 7 nitrogen and oxygen atoms in total. The number of rotatable bonds is 7. The smallest absolute Gasteiger partial charge is 0.339 e. The molecule has 8 heteroatoms. The van der Waals surface area contributed by atoms with Gasteiger partial charge in [-0.2, -0.15) is 0 Å². The molecular formula is C20H24N2O5S. The largest absolute Gasteiger partial charge is 0.449 e. The van der Waals surface area contributed by atoms with Crippen LogP contribution in [0, 0.1) is 6.92 Å². The molecule has 2 N–H and O–H groups in total. The van der Waals surface area contributed by atoms with E-state index in [1.54, 1.807) is 39.0 Å². The maximum atomic E-state index is 12.3. The topological polar surface area (TPSA) is 102 Å². The second-order valence-corrected chi connectivity index (χ2v) is 8.37. The van der Waals surface area contributed by atoms with Gasteiger partial charge < -0.3 is 10.1 Å². The monoisotopic (exact) mass is 404 g/mol. The maximum absolute atomic E-state index is 12.3. The van der Waals surface area contributed by atoms with E-state index in [0.717, 1.165) is 5.56 Å². The number of esters is 1. The van der Waals surface area contributed by atoms with Crippen molar-refractivity contribution in [2.24, 2.45) is 0 Å². The Hall–Kier alpha value is -2.71. The van der Waals surface area contributed by atoms with Crippen LogP contribution in [0.4, 0.5) is 5.69 Å². The summed E-state index contributed by atoms with van der Waals surface area (Å²) in [6.07, 6.45) is -1.02. The number of carbonyl (C=O) groups is 2. The molecule has 2 aromatic carbocycles. The van der Waals surface area contributed by atoms with E-state index in [1.165, 1.54) is 31.2 Å². The lowest BCUT2D eigenvalue weighted by Crippen LogP contribution is -2.31. The van der Waals surface area contributed by atoms with E-state index in [4.69, 9.17) is 4.74 Å². The van der Waals surface area contributed by atoms with Crippen LogP contribution >= 0.6 is 0 Å². The van der Waals surface area contributed by atoms with Gasteiger partial charge in [0.1, 0.15) is 0 Å². The van der Waals surface area contributed by atoms with Gasteiger partial charge in [0.2, 0.25) is 10.0 Å². The fourth-order valence-corrected chi connectivity index (χ4v) is 3.67. The Bertz CT molecular complexity index is 953. The predicted molar refractivity (Wildman–Crippen MR) is 107 cm³/mol. The van der Waals surface area contributed by atoms with Gasteiger partial charge in [-0.1, -0.05) is 18.2 Å². The van der Waals surface area contributed by atoms with Crippen molar-refractivity contribution in [3.63, 3.8) is 0 Å². The standard InChI is InChI=1S/C20H24N2O5S/c1-13(2)22-28(25,26)17-11-9-16(10-12-17)21-19(23)15(4)27-20(24)18-8-6-5-7-14(18)3/h5-13,15,22H,1-4H3,(H,21,23)/t15-/m1/s1. The first-order valence-electron chi connectivity index (χ1n) is 8.80. The summed E-state index contributed by atoms with van der Waals surface area (Å²) in [5.74, 6) is -1.10. The zero-order valence-electron chi connectivity index (χ0n) is 16.2. The SMILES string of the molecule is Cc1ccccc1C(=O)O[C@H](C)C(=O)Nc1ccc(S(=O)(=O)NC(C)C)cc1. The summed E-state index contributed by atoms with van der Waals surface area (Å²) >= 11 is 0. The van der Waals surface area contributed by atoms with Gasteiger partial charge in [0.05, 0.1) is 10.5 Å². The Kier molecular flexibility index (Phi) is 6.93. The van der Waals surface area contributed by atoms with Crippen molar-refractivity contribution < 1.29 is 22.7 Å². The van der Waals surface area contributed by atoms with Crippen molar-refractivity contribution >= 4 is 27.6 Å². The number of aryl methyl sites for hydroxylation is 1. The molecule has 1 atom stereocenters. The second-order valence-electron chi connectivity index (χ2n) is 6.65. The number of sulfonamides is 1. The van der Waals surface area contributed by atoms with Gasteiger partial charge in [-0.25, -0.2) is 17.9 Å². The summed E-state index contributed by atoms with van der Waals surface area (Å²) in [7, 11) is -3.60. The average molecular weight is 404 g/mol. The number of amides is 1. The molecule has 0 saturated carbocycles. The van der Waals surface area contributed by atoms with Crippen LogP contribution in [0.25, 0.3) is 0 Å². The van der Waals surface area contributed by atoms with Gasteiger partial charge in [0.15, 0.2) is 6.10 Å². The molecule has 0 aliphatic heterocycles. The molecule has 2 aromatic rings. The summed E-state index contributed by atoms with van der Waals surface area (Å²) in [5, 5.41) is 2.60. The van der Waals surface area contributed by atoms with E-state index >= 15 is 0 Å². The lowest BCUT2D eigenvalue weighted by molar-refractivity contribution is -0.123. The Balaban J connectivity index is 2.00. The zero-order valence-corrected chi connectivity index (χ0v) is 17.0. The van der Waals surface area contributed by atoms with Gasteiger partial charge >= 0.3 is 5.97 Å². The molecule has 28 heavy (non-hydrogen) atoms. The molecule has 0 heterocycles. The first-order valence-corrected chi connectivity index (χ1v) is 10.3. The lowest BCUT2D eigenvalue weighted by Gasteiger charge is -2.15. The van der Waals surface area contributed by atoms with E-state index in [-0.39, 0.29) is 10.9 Å². The van der Waals surface area contributed by atoms with Crippen LogP contribution in [0.5, 0.6) is 0 Å². The number of carbonyl (C=O) groups excluding carboxylic acids is 2. The molecule has 0 bridgehead atoms. The van der Waals surface area contributed by atoms with Crippen molar-refractivity contribution in [3.05, 3.63) is 59.7 Å². The number of nitrogens with one attached hydrogen (secondary N) is 2. The van der Waals surface area contributed by atoms with Crippen molar-refractivity contribution in [1.29, 1.82) is 0 Å². The lowest BCUT2D eigenvalue weighted by atomic mass is 10.1. The van der Waals surface area contributed by atoms with Gasteiger partial charge in [-0.15, -0.1) is 0 Å². The highest BCUT2D eigenvalue weighted by atomic mass is 32.2. The minimum atomic E-state index is -3.60. The van der Waals surface area contributed by atoms with Crippen LogP contribution in [0.15, 0.2) is 53.4 Å². The van der Waals surface area contributed by atoms with Crippen LogP contribution in [0.3, 0.4) is 0 Å². The third-order valence-corrected chi connectivity index (χ3v) is 5.52. The summed E-state index contributed by atoms with van der Waals surface area (Å²) < 4.78 is 31.9. The minimum absolute atomic E-state index is 0.0956. The summed E-state index contributed by atoms with van der Waals surface area (Å²) in [6, 6.07) is 12.5. The van der Waals surface area contributed by atoms with Crippen molar-refractivity contribution in [3.8, 4) is 0 Å². The summed E-state index contributed by atoms with van der Waals surface area (Å²) in [4.78, 5) is 24.6. The van der Waals surface area contributed by atoms with Gasteiger partial charge in [0.25, 0.3) is 5.91 Å². The third-order valence-electron chi connectivity index (χ3n) is 3.84. The quantitative estimate of drug-likeness (QED) is 0.691. The predicted octanol–water partition coefficient (Wildman–Crippen LogP) is 2.87. The van der Waals surface area contributed by atoms with Gasteiger partial charge in [0, 0.05) is 11.7 Å². The first-order chi connectivity index (χ1) is 13.1. The van der Waals surface area contributed by atoms with Crippen LogP contribution in [-0.4, -0.2) is 32.4 Å². The molecular weight excluding hydrogens is 380 g/mol. The molecule has 0 spiro atoms.